The van der Waals surface area contributed by atoms with E-state index in [1.54, 1.807) is 0 Å². The molecule has 0 radical (unpaired) electrons. The molecule has 4 nitrogen and oxygen atoms in total. The van der Waals surface area contributed by atoms with Gasteiger partial charge >= 0.3 is 0 Å². The lowest BCUT2D eigenvalue weighted by Gasteiger charge is -2.14. The maximum absolute atomic E-state index is 12.2. The predicted octanol–water partition coefficient (Wildman–Crippen LogP) is 3.72. The van der Waals surface area contributed by atoms with Crippen LogP contribution in [0.15, 0.2) is 36.4 Å². The molecule has 0 aliphatic rings. The number of amides is 2. The molecule has 2 aromatic carbocycles. The van der Waals surface area contributed by atoms with E-state index in [0.29, 0.717) is 24.2 Å². The number of carbonyl (C=O) groups excluding carboxylic acids is 2. The summed E-state index contributed by atoms with van der Waals surface area (Å²) >= 11 is 0. The average Bonchev–Trinajstić information content (AvgIpc) is 2.62. The number of carbonyl (C=O) groups is 2. The highest BCUT2D eigenvalue weighted by atomic mass is 16.2. The molecule has 0 unspecified atom stereocenters. The van der Waals surface area contributed by atoms with Crippen molar-refractivity contribution in [1.82, 2.24) is 10.6 Å². The van der Waals surface area contributed by atoms with Crippen molar-refractivity contribution in [3.63, 3.8) is 0 Å². The highest BCUT2D eigenvalue weighted by Gasteiger charge is 2.11. The van der Waals surface area contributed by atoms with Gasteiger partial charge in [-0.25, -0.2) is 0 Å². The van der Waals surface area contributed by atoms with Crippen molar-refractivity contribution in [3.8, 4) is 0 Å². The van der Waals surface area contributed by atoms with Crippen LogP contribution in [0, 0.1) is 33.6 Å². The second-order valence-corrected chi connectivity index (χ2v) is 7.12. The summed E-state index contributed by atoms with van der Waals surface area (Å²) in [5.41, 5.74) is 5.88. The molecule has 0 heterocycles. The summed E-state index contributed by atoms with van der Waals surface area (Å²) in [7, 11) is 0. The van der Waals surface area contributed by atoms with E-state index in [-0.39, 0.29) is 17.7 Å². The summed E-state index contributed by atoms with van der Waals surface area (Å²) in [6.07, 6.45) is 0. The van der Waals surface area contributed by atoms with Gasteiger partial charge in [-0.2, -0.15) is 0 Å². The Hall–Kier alpha value is -2.62. The van der Waals surface area contributed by atoms with Gasteiger partial charge in [-0.15, -0.1) is 0 Å². The molecule has 138 valence electrons. The Labute approximate surface area is 156 Å². The molecule has 0 aliphatic carbocycles. The van der Waals surface area contributed by atoms with E-state index in [1.165, 1.54) is 11.1 Å². The zero-order chi connectivity index (χ0) is 19.3. The summed E-state index contributed by atoms with van der Waals surface area (Å²) in [5, 5.41) is 5.87. The third-order valence-electron chi connectivity index (χ3n) is 4.76. The molecule has 4 heteroatoms. The van der Waals surface area contributed by atoms with E-state index in [2.05, 4.69) is 10.6 Å². The fraction of sp³-hybridized carbons (Fsp3) is 0.364. The zero-order valence-electron chi connectivity index (χ0n) is 16.3. The first kappa shape index (κ1) is 19.7. The lowest BCUT2D eigenvalue weighted by Crippen LogP contribution is -2.35. The number of nitrogens with one attached hydrogen (secondary N) is 2. The summed E-state index contributed by atoms with van der Waals surface area (Å²) in [4.78, 5) is 24.5. The van der Waals surface area contributed by atoms with Crippen molar-refractivity contribution < 1.29 is 9.59 Å². The minimum absolute atomic E-state index is 0.0829. The van der Waals surface area contributed by atoms with Crippen LogP contribution >= 0.6 is 0 Å². The van der Waals surface area contributed by atoms with E-state index in [9.17, 15) is 9.59 Å². The maximum Gasteiger partial charge on any atom is 0.251 e. The number of rotatable bonds is 6. The first-order valence-electron chi connectivity index (χ1n) is 8.99. The fourth-order valence-corrected chi connectivity index (χ4v) is 2.58. The molecule has 0 atom stereocenters. The van der Waals surface area contributed by atoms with E-state index in [4.69, 9.17) is 0 Å². The van der Waals surface area contributed by atoms with Gasteiger partial charge in [-0.3, -0.25) is 9.59 Å². The van der Waals surface area contributed by atoms with Crippen molar-refractivity contribution in [2.75, 3.05) is 13.1 Å². The Morgan fingerprint density at radius 2 is 1.12 bits per heavy atom. The molecular weight excluding hydrogens is 324 g/mol. The van der Waals surface area contributed by atoms with E-state index >= 15 is 0 Å². The predicted molar refractivity (Wildman–Crippen MR) is 106 cm³/mol. The van der Waals surface area contributed by atoms with Crippen LogP contribution in [0.5, 0.6) is 0 Å². The largest absolute Gasteiger partial charge is 0.352 e. The van der Waals surface area contributed by atoms with Crippen molar-refractivity contribution in [1.29, 1.82) is 0 Å². The number of benzene rings is 2. The molecule has 2 aromatic rings. The normalized spacial score (nSPS) is 10.7. The SMILES string of the molecule is Cc1ccc(C(=O)NCC(C)CNC(=O)c2ccc(C)c(C)c2)cc1C. The summed E-state index contributed by atoms with van der Waals surface area (Å²) < 4.78 is 0. The minimum atomic E-state index is -0.0829. The van der Waals surface area contributed by atoms with E-state index in [0.717, 1.165) is 11.1 Å². The van der Waals surface area contributed by atoms with Gasteiger partial charge in [-0.1, -0.05) is 19.1 Å². The molecule has 0 bridgehead atoms. The van der Waals surface area contributed by atoms with Gasteiger partial charge in [0.1, 0.15) is 0 Å². The van der Waals surface area contributed by atoms with Gasteiger partial charge < -0.3 is 10.6 Å². The summed E-state index contributed by atoms with van der Waals surface area (Å²) in [5.74, 6) is -0.0261. The monoisotopic (exact) mass is 352 g/mol. The van der Waals surface area contributed by atoms with Crippen LogP contribution in [0.1, 0.15) is 49.9 Å². The molecule has 0 saturated heterocycles. The van der Waals surface area contributed by atoms with Crippen LogP contribution in [0.3, 0.4) is 0 Å². The van der Waals surface area contributed by atoms with Crippen LogP contribution in [0.4, 0.5) is 0 Å². The highest BCUT2D eigenvalue weighted by molar-refractivity contribution is 5.95. The Morgan fingerprint density at radius 1 is 0.731 bits per heavy atom. The second-order valence-electron chi connectivity index (χ2n) is 7.12. The Morgan fingerprint density at radius 3 is 1.46 bits per heavy atom. The molecule has 0 aliphatic heterocycles. The number of hydrogen-bond donors (Lipinski definition) is 2. The lowest BCUT2D eigenvalue weighted by atomic mass is 10.1. The topological polar surface area (TPSA) is 58.2 Å². The minimum Gasteiger partial charge on any atom is -0.352 e. The molecule has 2 amide bonds. The van der Waals surface area contributed by atoms with Crippen molar-refractivity contribution in [2.24, 2.45) is 5.92 Å². The van der Waals surface area contributed by atoms with Crippen molar-refractivity contribution >= 4 is 11.8 Å². The Kier molecular flexibility index (Phi) is 6.56. The third-order valence-corrected chi connectivity index (χ3v) is 4.76. The van der Waals surface area contributed by atoms with Gasteiger partial charge in [0.2, 0.25) is 0 Å². The first-order valence-corrected chi connectivity index (χ1v) is 8.99. The zero-order valence-corrected chi connectivity index (χ0v) is 16.3. The first-order chi connectivity index (χ1) is 12.3. The molecule has 0 spiro atoms. The van der Waals surface area contributed by atoms with Gasteiger partial charge in [0.25, 0.3) is 11.8 Å². The number of hydrogen-bond acceptors (Lipinski definition) is 2. The molecule has 0 aromatic heterocycles. The molecule has 2 rings (SSSR count). The molecule has 26 heavy (non-hydrogen) atoms. The quantitative estimate of drug-likeness (QED) is 0.832. The summed E-state index contributed by atoms with van der Waals surface area (Å²) in [6, 6.07) is 11.4. The summed E-state index contributed by atoms with van der Waals surface area (Å²) in [6.45, 7) is 11.1. The molecule has 0 fully saturated rings. The van der Waals surface area contributed by atoms with Crippen LogP contribution in [0.2, 0.25) is 0 Å². The number of aryl methyl sites for hydroxylation is 4. The van der Waals surface area contributed by atoms with E-state index < -0.39 is 0 Å². The van der Waals surface area contributed by atoms with Gasteiger partial charge in [-0.05, 0) is 80.1 Å². The molecule has 2 N–H and O–H groups in total. The van der Waals surface area contributed by atoms with Gasteiger partial charge in [0.15, 0.2) is 0 Å². The fourth-order valence-electron chi connectivity index (χ4n) is 2.58. The molecule has 0 saturated carbocycles. The Balaban J connectivity index is 1.81. The van der Waals surface area contributed by atoms with Crippen LogP contribution in [-0.4, -0.2) is 24.9 Å². The van der Waals surface area contributed by atoms with Crippen molar-refractivity contribution in [2.45, 2.75) is 34.6 Å². The van der Waals surface area contributed by atoms with Gasteiger partial charge in [0.05, 0.1) is 0 Å². The molecular formula is C22H28N2O2. The second kappa shape index (κ2) is 8.65. The standard InChI is InChI=1S/C22H28N2O2/c1-14(12-23-21(25)19-8-6-15(2)17(4)10-19)13-24-22(26)20-9-7-16(3)18(5)11-20/h6-11,14H,12-13H2,1-5H3,(H,23,25)(H,24,26). The van der Waals surface area contributed by atoms with E-state index in [1.807, 2.05) is 71.0 Å². The highest BCUT2D eigenvalue weighted by Crippen LogP contribution is 2.11. The third kappa shape index (κ3) is 5.19. The smallest absolute Gasteiger partial charge is 0.251 e. The van der Waals surface area contributed by atoms with Gasteiger partial charge in [0, 0.05) is 24.2 Å². The van der Waals surface area contributed by atoms with Crippen LogP contribution < -0.4 is 10.6 Å². The van der Waals surface area contributed by atoms with Crippen LogP contribution in [-0.2, 0) is 0 Å². The Bertz CT molecular complexity index is 744. The maximum atomic E-state index is 12.2. The lowest BCUT2D eigenvalue weighted by molar-refractivity contribution is 0.0941. The van der Waals surface area contributed by atoms with Crippen molar-refractivity contribution in [3.05, 3.63) is 69.8 Å². The van der Waals surface area contributed by atoms with Crippen LogP contribution in [0.25, 0.3) is 0 Å². The average molecular weight is 352 g/mol.